The van der Waals surface area contributed by atoms with Gasteiger partial charge in [-0.1, -0.05) is 11.2 Å². The van der Waals surface area contributed by atoms with Gasteiger partial charge in [0.15, 0.2) is 11.8 Å². The van der Waals surface area contributed by atoms with Crippen molar-refractivity contribution in [1.82, 2.24) is 35.1 Å². The molecule has 3 aromatic rings. The van der Waals surface area contributed by atoms with Crippen LogP contribution in [0, 0.1) is 5.92 Å². The Bertz CT molecular complexity index is 955. The van der Waals surface area contributed by atoms with Gasteiger partial charge >= 0.3 is 0 Å². The smallest absolute Gasteiger partial charge is 0.276 e. The fraction of sp³-hybridized carbons (Fsp3) is 0.450. The number of aromatic nitrogens is 5. The topological polar surface area (TPSA) is 97.3 Å². The van der Waals surface area contributed by atoms with E-state index in [9.17, 15) is 0 Å². The summed E-state index contributed by atoms with van der Waals surface area (Å²) in [5, 5.41) is 11.7. The minimum atomic E-state index is 0. The Hall–Kier alpha value is -2.50. The number of rotatable bonds is 6. The second-order valence-electron chi connectivity index (χ2n) is 7.28. The molecule has 0 saturated carbocycles. The van der Waals surface area contributed by atoms with E-state index in [1.165, 1.54) is 5.56 Å². The number of nitrogens with zero attached hydrogens (tertiary/aromatic N) is 7. The van der Waals surface area contributed by atoms with Crippen molar-refractivity contribution >= 4 is 29.9 Å². The maximum absolute atomic E-state index is 5.31. The highest BCUT2D eigenvalue weighted by atomic mass is 127. The lowest BCUT2D eigenvalue weighted by atomic mass is 10.0. The van der Waals surface area contributed by atoms with Gasteiger partial charge < -0.3 is 14.7 Å². The van der Waals surface area contributed by atoms with E-state index in [-0.39, 0.29) is 24.0 Å². The van der Waals surface area contributed by atoms with E-state index in [4.69, 9.17) is 4.52 Å². The molecule has 1 atom stereocenters. The van der Waals surface area contributed by atoms with E-state index in [1.54, 1.807) is 6.20 Å². The molecule has 0 bridgehead atoms. The second-order valence-corrected chi connectivity index (χ2v) is 7.28. The lowest BCUT2D eigenvalue weighted by molar-refractivity contribution is 0.420. The van der Waals surface area contributed by atoms with Crippen molar-refractivity contribution in [2.45, 2.75) is 19.3 Å². The Kier molecular flexibility index (Phi) is 7.77. The molecule has 1 unspecified atom stereocenters. The number of hydrogen-bond acceptors (Lipinski definition) is 6. The van der Waals surface area contributed by atoms with Gasteiger partial charge in [0.05, 0.1) is 6.20 Å². The minimum absolute atomic E-state index is 0. The predicted octanol–water partition coefficient (Wildman–Crippen LogP) is 2.17. The van der Waals surface area contributed by atoms with Crippen LogP contribution in [0.25, 0.3) is 11.6 Å². The van der Waals surface area contributed by atoms with Crippen LogP contribution in [0.5, 0.6) is 0 Å². The normalized spacial score (nSPS) is 16.5. The fourth-order valence-electron chi connectivity index (χ4n) is 3.67. The molecule has 3 aromatic heterocycles. The van der Waals surface area contributed by atoms with Crippen LogP contribution in [0.3, 0.4) is 0 Å². The summed E-state index contributed by atoms with van der Waals surface area (Å²) in [6, 6.07) is 5.61. The first-order chi connectivity index (χ1) is 14.2. The summed E-state index contributed by atoms with van der Waals surface area (Å²) in [5.41, 5.74) is 1.98. The van der Waals surface area contributed by atoms with Crippen molar-refractivity contribution in [3.05, 3.63) is 48.2 Å². The van der Waals surface area contributed by atoms with Crippen molar-refractivity contribution < 1.29 is 4.52 Å². The van der Waals surface area contributed by atoms with Crippen molar-refractivity contribution in [1.29, 1.82) is 0 Å². The molecule has 1 aliphatic rings. The summed E-state index contributed by atoms with van der Waals surface area (Å²) in [6.45, 7) is 2.70. The summed E-state index contributed by atoms with van der Waals surface area (Å²) in [4.78, 5) is 15.4. The number of aryl methyl sites for hydroxylation is 1. The molecule has 0 spiro atoms. The lowest BCUT2D eigenvalue weighted by Crippen LogP contribution is -2.41. The third kappa shape index (κ3) is 5.55. The third-order valence-corrected chi connectivity index (χ3v) is 5.06. The van der Waals surface area contributed by atoms with Crippen LogP contribution in [0.1, 0.15) is 17.8 Å². The maximum atomic E-state index is 5.31. The summed E-state index contributed by atoms with van der Waals surface area (Å²) >= 11 is 0. The molecular formula is C20H27IN8O. The van der Waals surface area contributed by atoms with E-state index < -0.39 is 0 Å². The number of likely N-dealkylation sites (tertiary alicyclic amines) is 1. The van der Waals surface area contributed by atoms with Crippen LogP contribution < -0.4 is 5.32 Å². The summed E-state index contributed by atoms with van der Waals surface area (Å²) in [6.07, 6.45) is 8.64. The molecule has 30 heavy (non-hydrogen) atoms. The Labute approximate surface area is 193 Å². The quantitative estimate of drug-likeness (QED) is 0.301. The van der Waals surface area contributed by atoms with E-state index in [2.05, 4.69) is 41.6 Å². The molecular weight excluding hydrogens is 495 g/mol. The highest BCUT2D eigenvalue weighted by Crippen LogP contribution is 2.20. The van der Waals surface area contributed by atoms with Crippen LogP contribution in [-0.4, -0.2) is 62.4 Å². The van der Waals surface area contributed by atoms with Crippen LogP contribution in [0.4, 0.5) is 0 Å². The van der Waals surface area contributed by atoms with Gasteiger partial charge in [0.2, 0.25) is 0 Å². The van der Waals surface area contributed by atoms with Crippen LogP contribution in [0.15, 0.2) is 46.3 Å². The van der Waals surface area contributed by atoms with Gasteiger partial charge in [-0.3, -0.25) is 14.7 Å². The molecule has 9 nitrogen and oxygen atoms in total. The van der Waals surface area contributed by atoms with Gasteiger partial charge in [-0.25, -0.2) is 0 Å². The van der Waals surface area contributed by atoms with Crippen molar-refractivity contribution in [2.75, 3.05) is 26.7 Å². The first-order valence-corrected chi connectivity index (χ1v) is 9.88. The van der Waals surface area contributed by atoms with Crippen molar-refractivity contribution in [3.63, 3.8) is 0 Å². The molecule has 0 amide bonds. The van der Waals surface area contributed by atoms with Crippen LogP contribution in [0.2, 0.25) is 0 Å². The molecule has 4 heterocycles. The van der Waals surface area contributed by atoms with Crippen molar-refractivity contribution in [3.8, 4) is 11.6 Å². The number of nitrogens with one attached hydrogen (secondary N) is 1. The molecule has 0 aliphatic carbocycles. The predicted molar refractivity (Wildman–Crippen MR) is 125 cm³/mol. The Morgan fingerprint density at radius 2 is 2.27 bits per heavy atom. The summed E-state index contributed by atoms with van der Waals surface area (Å²) in [5.74, 6) is 2.65. The van der Waals surface area contributed by atoms with Crippen molar-refractivity contribution in [2.24, 2.45) is 18.0 Å². The van der Waals surface area contributed by atoms with Crippen LogP contribution >= 0.6 is 24.0 Å². The van der Waals surface area contributed by atoms with Gasteiger partial charge in [-0.05, 0) is 36.5 Å². The summed E-state index contributed by atoms with van der Waals surface area (Å²) < 4.78 is 7.17. The van der Waals surface area contributed by atoms with E-state index in [1.807, 2.05) is 43.2 Å². The molecule has 10 heteroatoms. The standard InChI is InChI=1S/C20H26N8O.HI/c1-21-20(28-10-7-15(14-28)11-16-12-24-27(2)13-16)23-9-6-18-25-19(29-26-18)17-5-3-4-8-22-17;/h3-5,8,12-13,15H,6-7,9-11,14H2,1-2H3,(H,21,23);1H. The van der Waals surface area contributed by atoms with Gasteiger partial charge in [-0.15, -0.1) is 24.0 Å². The lowest BCUT2D eigenvalue weighted by Gasteiger charge is -2.21. The fourth-order valence-corrected chi connectivity index (χ4v) is 3.67. The zero-order valence-electron chi connectivity index (χ0n) is 17.2. The highest BCUT2D eigenvalue weighted by molar-refractivity contribution is 14.0. The first-order valence-electron chi connectivity index (χ1n) is 9.88. The second kappa shape index (κ2) is 10.5. The Balaban J connectivity index is 0.00000256. The Morgan fingerprint density at radius 3 is 3.00 bits per heavy atom. The zero-order chi connectivity index (χ0) is 20.1. The molecule has 4 rings (SSSR count). The van der Waals surface area contributed by atoms with Gasteiger partial charge in [-0.2, -0.15) is 10.1 Å². The molecule has 1 fully saturated rings. The average molecular weight is 522 g/mol. The zero-order valence-corrected chi connectivity index (χ0v) is 19.6. The van der Waals surface area contributed by atoms with Gasteiger partial charge in [0, 0.05) is 52.5 Å². The molecule has 160 valence electrons. The van der Waals surface area contributed by atoms with Gasteiger partial charge in [0.25, 0.3) is 5.89 Å². The van der Waals surface area contributed by atoms with Crippen LogP contribution in [-0.2, 0) is 19.9 Å². The maximum Gasteiger partial charge on any atom is 0.276 e. The van der Waals surface area contributed by atoms with E-state index in [0.717, 1.165) is 31.9 Å². The Morgan fingerprint density at radius 1 is 1.37 bits per heavy atom. The number of hydrogen-bond donors (Lipinski definition) is 1. The summed E-state index contributed by atoms with van der Waals surface area (Å²) in [7, 11) is 3.78. The number of aliphatic imine (C=N–C) groups is 1. The SMILES string of the molecule is CN=C(NCCc1noc(-c2ccccn2)n1)N1CCC(Cc2cnn(C)c2)C1.I. The highest BCUT2D eigenvalue weighted by Gasteiger charge is 2.25. The van der Waals surface area contributed by atoms with E-state index >= 15 is 0 Å². The molecule has 1 saturated heterocycles. The molecule has 0 radical (unpaired) electrons. The first kappa shape index (κ1) is 22.2. The number of guanidine groups is 1. The monoisotopic (exact) mass is 522 g/mol. The molecule has 1 N–H and O–H groups in total. The van der Waals surface area contributed by atoms with E-state index in [0.29, 0.717) is 36.3 Å². The third-order valence-electron chi connectivity index (χ3n) is 5.06. The molecule has 1 aliphatic heterocycles. The largest absolute Gasteiger partial charge is 0.356 e. The van der Waals surface area contributed by atoms with Gasteiger partial charge in [0.1, 0.15) is 5.69 Å². The number of pyridine rings is 1. The molecule has 0 aromatic carbocycles. The minimum Gasteiger partial charge on any atom is -0.356 e. The average Bonchev–Trinajstić information content (AvgIpc) is 3.48. The number of halogens is 1.